The van der Waals surface area contributed by atoms with Crippen LogP contribution in [-0.2, 0) is 6.42 Å². The third-order valence-electron chi connectivity index (χ3n) is 10.8. The monoisotopic (exact) mass is 460 g/mol. The van der Waals surface area contributed by atoms with E-state index >= 15 is 0 Å². The molecule has 5 aliphatic carbocycles. The van der Waals surface area contributed by atoms with Crippen LogP contribution in [0.25, 0.3) is 33.7 Å². The lowest BCUT2D eigenvalue weighted by Crippen LogP contribution is -2.91. The first-order valence-corrected chi connectivity index (χ1v) is 13.7. The molecule has 2 unspecified atom stereocenters. The van der Waals surface area contributed by atoms with Gasteiger partial charge in [0.15, 0.2) is 0 Å². The highest BCUT2D eigenvalue weighted by molar-refractivity contribution is 5.96. The minimum atomic E-state index is 0.321. The number of rotatable bonds is 4. The van der Waals surface area contributed by atoms with Gasteiger partial charge in [-0.25, -0.2) is 4.98 Å². The Bertz CT molecular complexity index is 1570. The van der Waals surface area contributed by atoms with Crippen LogP contribution in [0.1, 0.15) is 63.3 Å². The molecular weight excluding hydrogens is 428 g/mol. The van der Waals surface area contributed by atoms with Crippen LogP contribution in [0.4, 0.5) is 5.95 Å². The van der Waals surface area contributed by atoms with E-state index in [1.165, 1.54) is 59.0 Å². The zero-order valence-electron chi connectivity index (χ0n) is 20.6. The summed E-state index contributed by atoms with van der Waals surface area (Å²) in [7, 11) is 0. The minimum Gasteiger partial charge on any atom is -0.350 e. The number of hydrogen-bond acceptors (Lipinski definition) is 2. The van der Waals surface area contributed by atoms with Gasteiger partial charge in [0.05, 0.1) is 16.7 Å². The van der Waals surface area contributed by atoms with Gasteiger partial charge in [0, 0.05) is 33.6 Å². The predicted molar refractivity (Wildman–Crippen MR) is 142 cm³/mol. The van der Waals surface area contributed by atoms with E-state index in [1.807, 2.05) is 0 Å². The molecule has 9 rings (SSSR count). The summed E-state index contributed by atoms with van der Waals surface area (Å²) in [5.74, 6) is 4.07. The van der Waals surface area contributed by atoms with Crippen molar-refractivity contribution in [3.63, 3.8) is 0 Å². The fourth-order valence-electron chi connectivity index (χ4n) is 9.70. The molecule has 35 heavy (non-hydrogen) atoms. The number of nitrogens with one attached hydrogen (secondary N) is 1. The van der Waals surface area contributed by atoms with E-state index in [4.69, 9.17) is 4.98 Å². The fourth-order valence-corrected chi connectivity index (χ4v) is 9.70. The Hall–Kier alpha value is -3.01. The Kier molecular flexibility index (Phi) is 3.31. The van der Waals surface area contributed by atoms with Crippen molar-refractivity contribution >= 4 is 34.0 Å². The molecule has 4 saturated carbocycles. The Labute approximate surface area is 206 Å². The number of allylic oxidation sites excluding steroid dienone is 1. The first kappa shape index (κ1) is 19.2. The first-order valence-electron chi connectivity index (χ1n) is 13.7. The third-order valence-corrected chi connectivity index (χ3v) is 10.8. The lowest BCUT2D eigenvalue weighted by Gasteiger charge is -2.91. The van der Waals surface area contributed by atoms with Crippen molar-refractivity contribution in [1.82, 2.24) is 14.1 Å². The number of anilines is 1. The largest absolute Gasteiger partial charge is 0.350 e. The fraction of sp³-hybridized carbons (Fsp3) is 0.452. The number of benzene rings is 2. The Morgan fingerprint density at radius 1 is 0.971 bits per heavy atom. The van der Waals surface area contributed by atoms with Gasteiger partial charge in [-0.05, 0) is 88.3 Å². The van der Waals surface area contributed by atoms with Gasteiger partial charge >= 0.3 is 0 Å². The van der Waals surface area contributed by atoms with Crippen LogP contribution in [0.15, 0.2) is 48.5 Å². The molecule has 176 valence electrons. The standard InChI is InChI=1S/C31H32N4/c1-18(2)34-26-12-7-13-27(35-24-10-5-3-8-22(24)23-9-4-6-11-25(23)35)28(26)32-29(34)33-30-16-20-14-19-15-21(17-30)31(19,20)30/h3-5,7-10,12-13,18-21H,6,11,14-17H2,1-2H3,(H,32,33). The molecule has 4 heteroatoms. The van der Waals surface area contributed by atoms with Gasteiger partial charge in [0.2, 0.25) is 5.95 Å². The van der Waals surface area contributed by atoms with E-state index in [2.05, 4.69) is 82.9 Å². The third kappa shape index (κ3) is 1.97. The molecule has 5 aliphatic rings. The Balaban J connectivity index is 1.25. The second-order valence-electron chi connectivity index (χ2n) is 12.3. The van der Waals surface area contributed by atoms with Crippen molar-refractivity contribution in [2.45, 2.75) is 64.0 Å². The average molecular weight is 461 g/mol. The summed E-state index contributed by atoms with van der Waals surface area (Å²) in [5.41, 5.74) is 8.64. The number of para-hydroxylation sites is 2. The molecule has 4 fully saturated rings. The van der Waals surface area contributed by atoms with Crippen molar-refractivity contribution < 1.29 is 0 Å². The molecule has 1 spiro atoms. The molecule has 0 radical (unpaired) electrons. The van der Waals surface area contributed by atoms with Gasteiger partial charge in [-0.3, -0.25) is 0 Å². The summed E-state index contributed by atoms with van der Waals surface area (Å²) in [6.07, 6.45) is 12.5. The van der Waals surface area contributed by atoms with Crippen LogP contribution in [0.2, 0.25) is 0 Å². The molecule has 0 amide bonds. The number of nitrogens with zero attached hydrogens (tertiary/aromatic N) is 3. The van der Waals surface area contributed by atoms with E-state index < -0.39 is 0 Å². The van der Waals surface area contributed by atoms with Crippen LogP contribution in [0.3, 0.4) is 0 Å². The van der Waals surface area contributed by atoms with E-state index in [9.17, 15) is 0 Å². The highest BCUT2D eigenvalue weighted by Gasteiger charge is 2.88. The average Bonchev–Trinajstić information content (AvgIpc) is 3.35. The van der Waals surface area contributed by atoms with Crippen molar-refractivity contribution in [3.05, 3.63) is 59.8 Å². The molecule has 2 atom stereocenters. The maximum atomic E-state index is 5.41. The van der Waals surface area contributed by atoms with Crippen LogP contribution >= 0.6 is 0 Å². The minimum absolute atomic E-state index is 0.321. The van der Waals surface area contributed by atoms with Crippen molar-refractivity contribution in [2.24, 2.45) is 23.2 Å². The summed E-state index contributed by atoms with van der Waals surface area (Å²) in [5, 5.41) is 5.46. The van der Waals surface area contributed by atoms with Crippen molar-refractivity contribution in [2.75, 3.05) is 5.32 Å². The molecule has 1 N–H and O–H groups in total. The number of fused-ring (bicyclic) bond motifs is 4. The molecule has 4 aromatic rings. The van der Waals surface area contributed by atoms with Gasteiger partial charge in [0.1, 0.15) is 5.52 Å². The van der Waals surface area contributed by atoms with Gasteiger partial charge in [0.25, 0.3) is 0 Å². The van der Waals surface area contributed by atoms with Crippen molar-refractivity contribution in [1.29, 1.82) is 0 Å². The van der Waals surface area contributed by atoms with E-state index in [0.29, 0.717) is 17.0 Å². The van der Waals surface area contributed by atoms with Gasteiger partial charge < -0.3 is 14.5 Å². The highest BCUT2D eigenvalue weighted by atomic mass is 15.3. The number of aromatic nitrogens is 3. The topological polar surface area (TPSA) is 34.8 Å². The number of imidazole rings is 1. The lowest BCUT2D eigenvalue weighted by atomic mass is 9.15. The summed E-state index contributed by atoms with van der Waals surface area (Å²) < 4.78 is 4.97. The SMILES string of the molecule is CC(C)n1c(NC23CC4CC5CC(C2)C543)nc2c(-n3c4c(c5ccccc53)C=CCC4)cccc21. The van der Waals surface area contributed by atoms with E-state index in [0.717, 1.165) is 42.1 Å². The zero-order chi connectivity index (χ0) is 23.1. The first-order chi connectivity index (χ1) is 17.1. The molecule has 2 aromatic heterocycles. The normalized spacial score (nSPS) is 33.4. The predicted octanol–water partition coefficient (Wildman–Crippen LogP) is 7.12. The quantitative estimate of drug-likeness (QED) is 0.352. The molecule has 4 nitrogen and oxygen atoms in total. The Morgan fingerprint density at radius 3 is 2.54 bits per heavy atom. The van der Waals surface area contributed by atoms with Crippen LogP contribution in [-0.4, -0.2) is 19.7 Å². The summed E-state index contributed by atoms with van der Waals surface area (Å²) in [6.45, 7) is 4.60. The number of hydrogen-bond donors (Lipinski definition) is 1. The maximum Gasteiger partial charge on any atom is 0.204 e. The van der Waals surface area contributed by atoms with Gasteiger partial charge in [-0.15, -0.1) is 0 Å². The summed E-state index contributed by atoms with van der Waals surface area (Å²) in [4.78, 5) is 5.41. The van der Waals surface area contributed by atoms with E-state index in [1.54, 1.807) is 0 Å². The van der Waals surface area contributed by atoms with Crippen LogP contribution < -0.4 is 5.32 Å². The highest BCUT2D eigenvalue weighted by Crippen LogP contribution is 2.89. The van der Waals surface area contributed by atoms with Crippen LogP contribution in [0, 0.1) is 23.2 Å². The van der Waals surface area contributed by atoms with Gasteiger partial charge in [-0.2, -0.15) is 0 Å². The second-order valence-corrected chi connectivity index (χ2v) is 12.3. The lowest BCUT2D eigenvalue weighted by molar-refractivity contribution is -0.379. The summed E-state index contributed by atoms with van der Waals surface area (Å²) >= 11 is 0. The molecule has 0 aliphatic heterocycles. The Morgan fingerprint density at radius 2 is 1.77 bits per heavy atom. The molecule has 0 saturated heterocycles. The smallest absolute Gasteiger partial charge is 0.204 e. The summed E-state index contributed by atoms with van der Waals surface area (Å²) in [6, 6.07) is 16.0. The molecule has 0 bridgehead atoms. The van der Waals surface area contributed by atoms with Crippen LogP contribution in [0.5, 0.6) is 0 Å². The van der Waals surface area contributed by atoms with Gasteiger partial charge in [-0.1, -0.05) is 36.4 Å². The molecule has 2 heterocycles. The molecular formula is C31H32N4. The maximum absolute atomic E-state index is 5.41. The van der Waals surface area contributed by atoms with E-state index in [-0.39, 0.29) is 0 Å². The zero-order valence-corrected chi connectivity index (χ0v) is 20.6. The van der Waals surface area contributed by atoms with Crippen molar-refractivity contribution in [3.8, 4) is 5.69 Å². The second kappa shape index (κ2) is 6.03. The molecule has 2 aromatic carbocycles.